The van der Waals surface area contributed by atoms with Gasteiger partial charge in [-0.25, -0.2) is 9.97 Å². The third-order valence-electron chi connectivity index (χ3n) is 6.78. The maximum atomic E-state index is 5.08. The molecule has 0 spiro atoms. The molecule has 0 amide bonds. The molecule has 5 heteroatoms. The molecule has 0 unspecified atom stereocenters. The van der Waals surface area contributed by atoms with Gasteiger partial charge in [0, 0.05) is 67.3 Å². The lowest BCUT2D eigenvalue weighted by Crippen LogP contribution is -2.46. The van der Waals surface area contributed by atoms with Gasteiger partial charge in [0.15, 0.2) is 5.82 Å². The van der Waals surface area contributed by atoms with Gasteiger partial charge >= 0.3 is 0 Å². The van der Waals surface area contributed by atoms with Crippen molar-refractivity contribution in [3.63, 3.8) is 0 Å². The summed E-state index contributed by atoms with van der Waals surface area (Å²) in [5.74, 6) is 2.04. The number of aromatic nitrogens is 3. The number of nitrogens with zero attached hydrogens (tertiary/aromatic N) is 5. The molecule has 1 fully saturated rings. The third kappa shape index (κ3) is 3.63. The van der Waals surface area contributed by atoms with Crippen LogP contribution < -0.4 is 4.90 Å². The number of fused-ring (bicyclic) bond motifs is 2. The second-order valence-corrected chi connectivity index (χ2v) is 8.79. The lowest BCUT2D eigenvalue weighted by Gasteiger charge is -2.36. The second-order valence-electron chi connectivity index (χ2n) is 8.79. The van der Waals surface area contributed by atoms with E-state index in [1.54, 1.807) is 0 Å². The van der Waals surface area contributed by atoms with Gasteiger partial charge in [-0.2, -0.15) is 0 Å². The SMILES string of the molecule is c1ccc(-c2nc3c(c(N4CCN(Cc5cccc6cnccc56)CC4)n2)CCC3)cc1. The average molecular weight is 422 g/mol. The molecule has 2 aromatic carbocycles. The van der Waals surface area contributed by atoms with Gasteiger partial charge in [0.05, 0.1) is 0 Å². The number of hydrogen-bond acceptors (Lipinski definition) is 5. The molecule has 3 heterocycles. The highest BCUT2D eigenvalue weighted by atomic mass is 15.3. The van der Waals surface area contributed by atoms with Gasteiger partial charge in [-0.15, -0.1) is 0 Å². The minimum atomic E-state index is 0.869. The summed E-state index contributed by atoms with van der Waals surface area (Å²) in [6, 6.07) is 19.1. The fraction of sp³-hybridized carbons (Fsp3) is 0.296. The molecule has 32 heavy (non-hydrogen) atoms. The van der Waals surface area contributed by atoms with Crippen LogP contribution in [0.2, 0.25) is 0 Å². The first kappa shape index (κ1) is 19.4. The quantitative estimate of drug-likeness (QED) is 0.485. The van der Waals surface area contributed by atoms with Crippen LogP contribution in [0.4, 0.5) is 5.82 Å². The average Bonchev–Trinajstić information content (AvgIpc) is 3.34. The second kappa shape index (κ2) is 8.32. The summed E-state index contributed by atoms with van der Waals surface area (Å²) in [5, 5.41) is 2.53. The highest BCUT2D eigenvalue weighted by Crippen LogP contribution is 2.32. The fourth-order valence-electron chi connectivity index (χ4n) is 5.08. The molecule has 0 atom stereocenters. The Hall–Kier alpha value is -3.31. The number of anilines is 1. The Balaban J connectivity index is 1.22. The van der Waals surface area contributed by atoms with Crippen molar-refractivity contribution in [3.05, 3.63) is 83.8 Å². The van der Waals surface area contributed by atoms with E-state index in [9.17, 15) is 0 Å². The van der Waals surface area contributed by atoms with Crippen LogP contribution in [0.25, 0.3) is 22.2 Å². The van der Waals surface area contributed by atoms with Crippen molar-refractivity contribution in [3.8, 4) is 11.4 Å². The van der Waals surface area contributed by atoms with Crippen LogP contribution in [0.15, 0.2) is 67.0 Å². The maximum absolute atomic E-state index is 5.08. The molecular formula is C27H27N5. The fourth-order valence-corrected chi connectivity index (χ4v) is 5.08. The van der Waals surface area contributed by atoms with Crippen LogP contribution in [0.3, 0.4) is 0 Å². The normalized spacial score (nSPS) is 16.4. The van der Waals surface area contributed by atoms with E-state index >= 15 is 0 Å². The van der Waals surface area contributed by atoms with Crippen molar-refractivity contribution < 1.29 is 0 Å². The molecule has 0 bridgehead atoms. The zero-order chi connectivity index (χ0) is 21.3. The summed E-state index contributed by atoms with van der Waals surface area (Å²) in [5.41, 5.74) is 5.11. The van der Waals surface area contributed by atoms with Crippen molar-refractivity contribution in [2.24, 2.45) is 0 Å². The van der Waals surface area contributed by atoms with E-state index in [4.69, 9.17) is 9.97 Å². The Kier molecular flexibility index (Phi) is 5.04. The molecule has 1 aliphatic heterocycles. The molecule has 5 nitrogen and oxygen atoms in total. The molecule has 1 saturated heterocycles. The Morgan fingerprint density at radius 3 is 2.56 bits per heavy atom. The summed E-state index contributed by atoms with van der Waals surface area (Å²) < 4.78 is 0. The first-order chi connectivity index (χ1) is 15.8. The van der Waals surface area contributed by atoms with E-state index in [2.05, 4.69) is 63.3 Å². The molecule has 0 N–H and O–H groups in total. The molecule has 2 aromatic heterocycles. The van der Waals surface area contributed by atoms with Crippen molar-refractivity contribution in [1.29, 1.82) is 0 Å². The lowest BCUT2D eigenvalue weighted by atomic mass is 10.1. The summed E-state index contributed by atoms with van der Waals surface area (Å²) in [6.07, 6.45) is 7.20. The minimum Gasteiger partial charge on any atom is -0.354 e. The third-order valence-corrected chi connectivity index (χ3v) is 6.78. The Labute approximate surface area is 188 Å². The number of piperazine rings is 1. The zero-order valence-corrected chi connectivity index (χ0v) is 18.2. The molecule has 6 rings (SSSR count). The molecule has 0 radical (unpaired) electrons. The van der Waals surface area contributed by atoms with Crippen LogP contribution in [0, 0.1) is 0 Å². The predicted octanol–water partition coefficient (Wildman–Crippen LogP) is 4.50. The molecule has 160 valence electrons. The first-order valence-corrected chi connectivity index (χ1v) is 11.6. The molecule has 4 aromatic rings. The molecule has 2 aliphatic rings. The van der Waals surface area contributed by atoms with Gasteiger partial charge in [0.25, 0.3) is 0 Å². The Morgan fingerprint density at radius 2 is 1.69 bits per heavy atom. The van der Waals surface area contributed by atoms with E-state index in [-0.39, 0.29) is 0 Å². The van der Waals surface area contributed by atoms with Crippen molar-refractivity contribution in [2.75, 3.05) is 31.1 Å². The number of benzene rings is 2. The molecular weight excluding hydrogens is 394 g/mol. The van der Waals surface area contributed by atoms with Crippen LogP contribution in [-0.2, 0) is 19.4 Å². The summed E-state index contributed by atoms with van der Waals surface area (Å²) >= 11 is 0. The van der Waals surface area contributed by atoms with Crippen molar-refractivity contribution in [1.82, 2.24) is 19.9 Å². The van der Waals surface area contributed by atoms with Gasteiger partial charge in [0.2, 0.25) is 0 Å². The summed E-state index contributed by atoms with van der Waals surface area (Å²) in [6.45, 7) is 5.07. The van der Waals surface area contributed by atoms with Crippen molar-refractivity contribution in [2.45, 2.75) is 25.8 Å². The van der Waals surface area contributed by atoms with Crippen LogP contribution in [0.5, 0.6) is 0 Å². The van der Waals surface area contributed by atoms with Gasteiger partial charge in [-0.05, 0) is 36.3 Å². The number of hydrogen-bond donors (Lipinski definition) is 0. The van der Waals surface area contributed by atoms with Crippen LogP contribution in [0.1, 0.15) is 23.2 Å². The number of rotatable bonds is 4. The largest absolute Gasteiger partial charge is 0.354 e. The smallest absolute Gasteiger partial charge is 0.161 e. The van der Waals surface area contributed by atoms with Crippen molar-refractivity contribution >= 4 is 16.6 Å². The Morgan fingerprint density at radius 1 is 0.812 bits per heavy atom. The standard InChI is InChI=1S/C27H27N5/c1-2-6-20(7-3-1)26-29-25-11-5-10-24(25)27(30-26)32-16-14-31(15-17-32)19-22-9-4-8-21-18-28-13-12-23(21)22/h1-4,6-9,12-13,18H,5,10-11,14-17,19H2. The highest BCUT2D eigenvalue weighted by molar-refractivity contribution is 5.84. The maximum Gasteiger partial charge on any atom is 0.161 e. The minimum absolute atomic E-state index is 0.869. The highest BCUT2D eigenvalue weighted by Gasteiger charge is 2.26. The van der Waals surface area contributed by atoms with Crippen LogP contribution >= 0.6 is 0 Å². The zero-order valence-electron chi connectivity index (χ0n) is 18.2. The van der Waals surface area contributed by atoms with E-state index in [1.807, 2.05) is 18.5 Å². The van der Waals surface area contributed by atoms with Crippen LogP contribution in [-0.4, -0.2) is 46.0 Å². The molecule has 1 aliphatic carbocycles. The summed E-state index contributed by atoms with van der Waals surface area (Å²) in [4.78, 5) is 19.3. The van der Waals surface area contributed by atoms with E-state index in [0.717, 1.165) is 57.0 Å². The number of pyridine rings is 1. The number of aryl methyl sites for hydroxylation is 1. The van der Waals surface area contributed by atoms with Gasteiger partial charge < -0.3 is 4.90 Å². The Bertz CT molecular complexity index is 1240. The van der Waals surface area contributed by atoms with Gasteiger partial charge in [-0.1, -0.05) is 48.5 Å². The van der Waals surface area contributed by atoms with E-state index in [1.165, 1.54) is 39.8 Å². The predicted molar refractivity (Wildman–Crippen MR) is 129 cm³/mol. The van der Waals surface area contributed by atoms with Gasteiger partial charge in [-0.3, -0.25) is 9.88 Å². The van der Waals surface area contributed by atoms with E-state index < -0.39 is 0 Å². The van der Waals surface area contributed by atoms with Gasteiger partial charge in [0.1, 0.15) is 5.82 Å². The summed E-state index contributed by atoms with van der Waals surface area (Å²) in [7, 11) is 0. The lowest BCUT2D eigenvalue weighted by molar-refractivity contribution is 0.250. The molecule has 0 saturated carbocycles. The monoisotopic (exact) mass is 421 g/mol. The topological polar surface area (TPSA) is 45.2 Å². The first-order valence-electron chi connectivity index (χ1n) is 11.6. The van der Waals surface area contributed by atoms with E-state index in [0.29, 0.717) is 0 Å².